The molecule has 1 nitrogen and oxygen atoms in total. The number of hydrogen-bond donors (Lipinski definition) is 0. The summed E-state index contributed by atoms with van der Waals surface area (Å²) >= 11 is 19.2. The minimum absolute atomic E-state index is 0.324. The van der Waals surface area contributed by atoms with Gasteiger partial charge in [-0.2, -0.15) is 0 Å². The number of benzene rings is 2. The molecule has 0 amide bonds. The van der Waals surface area contributed by atoms with Crippen molar-refractivity contribution < 1.29 is 9.13 Å². The molecule has 106 valence electrons. The zero-order valence-electron chi connectivity index (χ0n) is 10.3. The number of methoxy groups -OCH3 is 1. The van der Waals surface area contributed by atoms with Crippen LogP contribution in [-0.2, 0) is 0 Å². The molecule has 0 saturated carbocycles. The van der Waals surface area contributed by atoms with Crippen molar-refractivity contribution in [2.24, 2.45) is 0 Å². The molecule has 2 rings (SSSR count). The second-order valence-corrected chi connectivity index (χ2v) is 6.65. The molecule has 0 fully saturated rings. The SMILES string of the molecule is COc1cc(F)c(Br)cc1C(Cl)c1cc(Br)ccc1Cl. The molecule has 0 aliphatic rings. The van der Waals surface area contributed by atoms with Crippen LogP contribution in [0.15, 0.2) is 39.3 Å². The Morgan fingerprint density at radius 2 is 1.85 bits per heavy atom. The van der Waals surface area contributed by atoms with E-state index in [1.165, 1.54) is 13.2 Å². The number of ether oxygens (including phenoxy) is 1. The Morgan fingerprint density at radius 1 is 1.15 bits per heavy atom. The maximum Gasteiger partial charge on any atom is 0.141 e. The molecule has 2 aromatic carbocycles. The second kappa shape index (κ2) is 6.65. The molecule has 0 saturated heterocycles. The summed E-state index contributed by atoms with van der Waals surface area (Å²) in [5.74, 6) is -0.0310. The zero-order valence-corrected chi connectivity index (χ0v) is 14.9. The average molecular weight is 443 g/mol. The van der Waals surface area contributed by atoms with Crippen molar-refractivity contribution in [2.75, 3.05) is 7.11 Å². The van der Waals surface area contributed by atoms with E-state index in [2.05, 4.69) is 31.9 Å². The maximum absolute atomic E-state index is 13.6. The Kier molecular flexibility index (Phi) is 5.35. The number of alkyl halides is 1. The van der Waals surface area contributed by atoms with Gasteiger partial charge in [-0.1, -0.05) is 27.5 Å². The Labute approximate surface area is 143 Å². The van der Waals surface area contributed by atoms with Crippen LogP contribution in [0.4, 0.5) is 4.39 Å². The third-order valence-corrected chi connectivity index (χ3v) is 4.69. The first-order valence-electron chi connectivity index (χ1n) is 5.56. The van der Waals surface area contributed by atoms with Gasteiger partial charge in [0.05, 0.1) is 17.0 Å². The monoisotopic (exact) mass is 440 g/mol. The van der Waals surface area contributed by atoms with Gasteiger partial charge >= 0.3 is 0 Å². The highest BCUT2D eigenvalue weighted by atomic mass is 79.9. The average Bonchev–Trinajstić information content (AvgIpc) is 2.43. The third-order valence-electron chi connectivity index (χ3n) is 2.78. The van der Waals surface area contributed by atoms with Crippen LogP contribution in [0.1, 0.15) is 16.5 Å². The molecule has 0 radical (unpaired) electrons. The van der Waals surface area contributed by atoms with E-state index in [0.29, 0.717) is 20.8 Å². The van der Waals surface area contributed by atoms with Crippen LogP contribution in [-0.4, -0.2) is 7.11 Å². The van der Waals surface area contributed by atoms with E-state index in [1.54, 1.807) is 12.1 Å². The van der Waals surface area contributed by atoms with Crippen molar-refractivity contribution in [3.8, 4) is 5.75 Å². The smallest absolute Gasteiger partial charge is 0.141 e. The third kappa shape index (κ3) is 3.30. The van der Waals surface area contributed by atoms with E-state index < -0.39 is 11.2 Å². The standard InChI is InChI=1S/C14H9Br2Cl2FO/c1-20-13-6-12(19)10(16)5-9(13)14(18)8-4-7(15)2-3-11(8)17/h2-6,14H,1H3. The summed E-state index contributed by atoms with van der Waals surface area (Å²) < 4.78 is 19.9. The first-order valence-corrected chi connectivity index (χ1v) is 7.96. The van der Waals surface area contributed by atoms with Gasteiger partial charge in [0.25, 0.3) is 0 Å². The molecule has 1 atom stereocenters. The number of rotatable bonds is 3. The van der Waals surface area contributed by atoms with Crippen LogP contribution >= 0.6 is 55.1 Å². The molecular weight excluding hydrogens is 434 g/mol. The van der Waals surface area contributed by atoms with Gasteiger partial charge in [0.1, 0.15) is 11.6 Å². The van der Waals surface area contributed by atoms with Gasteiger partial charge in [-0.3, -0.25) is 0 Å². The molecule has 0 aliphatic carbocycles. The molecule has 0 heterocycles. The molecule has 0 N–H and O–H groups in total. The van der Waals surface area contributed by atoms with E-state index >= 15 is 0 Å². The minimum Gasteiger partial charge on any atom is -0.496 e. The van der Waals surface area contributed by atoms with Gasteiger partial charge < -0.3 is 4.74 Å². The lowest BCUT2D eigenvalue weighted by Crippen LogP contribution is -2.00. The fourth-order valence-electron chi connectivity index (χ4n) is 1.80. The lowest BCUT2D eigenvalue weighted by atomic mass is 10.0. The zero-order chi connectivity index (χ0) is 14.9. The summed E-state index contributed by atoms with van der Waals surface area (Å²) in [6.45, 7) is 0. The Morgan fingerprint density at radius 3 is 2.50 bits per heavy atom. The largest absolute Gasteiger partial charge is 0.496 e. The van der Waals surface area contributed by atoms with Crippen molar-refractivity contribution in [3.05, 3.63) is 61.2 Å². The van der Waals surface area contributed by atoms with Gasteiger partial charge in [0.15, 0.2) is 0 Å². The molecule has 2 aromatic rings. The van der Waals surface area contributed by atoms with Gasteiger partial charge in [-0.25, -0.2) is 4.39 Å². The Hall–Kier alpha value is -0.290. The van der Waals surface area contributed by atoms with Gasteiger partial charge in [0.2, 0.25) is 0 Å². The van der Waals surface area contributed by atoms with Crippen LogP contribution < -0.4 is 4.74 Å². The summed E-state index contributed by atoms with van der Waals surface area (Å²) in [4.78, 5) is 0. The van der Waals surface area contributed by atoms with Crippen LogP contribution in [0.3, 0.4) is 0 Å². The molecule has 6 heteroatoms. The van der Waals surface area contributed by atoms with Crippen LogP contribution in [0.2, 0.25) is 5.02 Å². The second-order valence-electron chi connectivity index (χ2n) is 4.04. The van der Waals surface area contributed by atoms with Crippen LogP contribution in [0.25, 0.3) is 0 Å². The molecule has 1 unspecified atom stereocenters. The maximum atomic E-state index is 13.6. The van der Waals surface area contributed by atoms with Crippen molar-refractivity contribution in [1.29, 1.82) is 0 Å². The van der Waals surface area contributed by atoms with Crippen molar-refractivity contribution >= 4 is 55.1 Å². The summed E-state index contributed by atoms with van der Waals surface area (Å²) in [5.41, 5.74) is 1.36. The molecule has 0 bridgehead atoms. The highest BCUT2D eigenvalue weighted by Crippen LogP contribution is 2.41. The fourth-order valence-corrected chi connectivity index (χ4v) is 3.17. The fraction of sp³-hybridized carbons (Fsp3) is 0.143. The molecule has 0 aliphatic heterocycles. The normalized spacial score (nSPS) is 12.3. The molecule has 0 aromatic heterocycles. The summed E-state index contributed by atoms with van der Waals surface area (Å²) in [5, 5.41) is -0.0115. The summed E-state index contributed by atoms with van der Waals surface area (Å²) in [6, 6.07) is 8.30. The predicted molar refractivity (Wildman–Crippen MR) is 87.5 cm³/mol. The van der Waals surface area contributed by atoms with Crippen LogP contribution in [0.5, 0.6) is 5.75 Å². The van der Waals surface area contributed by atoms with E-state index in [1.807, 2.05) is 12.1 Å². The lowest BCUT2D eigenvalue weighted by molar-refractivity contribution is 0.406. The van der Waals surface area contributed by atoms with Crippen LogP contribution in [0, 0.1) is 5.82 Å². The number of hydrogen-bond acceptors (Lipinski definition) is 1. The Bertz CT molecular complexity index is 649. The minimum atomic E-state index is -0.549. The molecule has 20 heavy (non-hydrogen) atoms. The van der Waals surface area contributed by atoms with Crippen molar-refractivity contribution in [3.63, 3.8) is 0 Å². The lowest BCUT2D eigenvalue weighted by Gasteiger charge is -2.16. The quantitative estimate of drug-likeness (QED) is 0.504. The molecular formula is C14H9Br2Cl2FO. The van der Waals surface area contributed by atoms with Gasteiger partial charge in [0, 0.05) is 21.1 Å². The summed E-state index contributed by atoms with van der Waals surface area (Å²) in [6.07, 6.45) is 0. The Balaban J connectivity index is 2.55. The highest BCUT2D eigenvalue weighted by Gasteiger charge is 2.20. The van der Waals surface area contributed by atoms with E-state index in [0.717, 1.165) is 10.0 Å². The summed E-state index contributed by atoms with van der Waals surface area (Å²) in [7, 11) is 1.47. The van der Waals surface area contributed by atoms with Gasteiger partial charge in [-0.15, -0.1) is 11.6 Å². The van der Waals surface area contributed by atoms with E-state index in [4.69, 9.17) is 27.9 Å². The van der Waals surface area contributed by atoms with Crippen molar-refractivity contribution in [1.82, 2.24) is 0 Å². The van der Waals surface area contributed by atoms with Gasteiger partial charge in [-0.05, 0) is 45.8 Å². The number of halogens is 5. The molecule has 0 spiro atoms. The first-order chi connectivity index (χ1) is 9.43. The topological polar surface area (TPSA) is 9.23 Å². The van der Waals surface area contributed by atoms with Crippen molar-refractivity contribution in [2.45, 2.75) is 5.38 Å². The van der Waals surface area contributed by atoms with E-state index in [-0.39, 0.29) is 0 Å². The first kappa shape index (κ1) is 16.1. The van der Waals surface area contributed by atoms with E-state index in [9.17, 15) is 4.39 Å². The highest BCUT2D eigenvalue weighted by molar-refractivity contribution is 9.10. The predicted octanol–water partition coefficient (Wildman–Crippen LogP) is 6.34.